The van der Waals surface area contributed by atoms with Gasteiger partial charge in [0.25, 0.3) is 0 Å². The lowest BCUT2D eigenvalue weighted by Crippen LogP contribution is -2.47. The van der Waals surface area contributed by atoms with E-state index in [0.717, 1.165) is 37.1 Å². The summed E-state index contributed by atoms with van der Waals surface area (Å²) in [6.07, 6.45) is 9.06. The maximum Gasteiger partial charge on any atom is 0.224 e. The Morgan fingerprint density at radius 1 is 1.23 bits per heavy atom. The van der Waals surface area contributed by atoms with Crippen LogP contribution in [0.1, 0.15) is 66.0 Å². The van der Waals surface area contributed by atoms with Crippen LogP contribution in [0.4, 0.5) is 0 Å². The van der Waals surface area contributed by atoms with Crippen LogP contribution in [0.25, 0.3) is 5.70 Å². The van der Waals surface area contributed by atoms with E-state index in [1.807, 2.05) is 32.0 Å². The summed E-state index contributed by atoms with van der Waals surface area (Å²) in [7, 11) is 0. The summed E-state index contributed by atoms with van der Waals surface area (Å²) in [6, 6.07) is 5.71. The number of amides is 1. The average molecular weight is 359 g/mol. The molecule has 2 unspecified atom stereocenters. The summed E-state index contributed by atoms with van der Waals surface area (Å²) < 4.78 is 0. The van der Waals surface area contributed by atoms with Crippen molar-refractivity contribution in [2.24, 2.45) is 16.8 Å². The van der Waals surface area contributed by atoms with Crippen LogP contribution in [0.3, 0.4) is 0 Å². The van der Waals surface area contributed by atoms with E-state index in [4.69, 9.17) is 0 Å². The number of pyridine rings is 1. The van der Waals surface area contributed by atoms with Crippen LogP contribution in [-0.2, 0) is 4.79 Å². The Morgan fingerprint density at radius 3 is 2.54 bits per heavy atom. The minimum Gasteiger partial charge on any atom is -0.365 e. The highest BCUT2D eigenvalue weighted by Gasteiger charge is 2.20. The van der Waals surface area contributed by atoms with Crippen molar-refractivity contribution in [1.82, 2.24) is 15.6 Å². The highest BCUT2D eigenvalue weighted by Crippen LogP contribution is 2.18. The van der Waals surface area contributed by atoms with Crippen LogP contribution >= 0.6 is 0 Å². The average Bonchev–Trinajstić information content (AvgIpc) is 2.71. The molecule has 5 nitrogen and oxygen atoms in total. The Bertz CT molecular complexity index is 583. The molecule has 1 aliphatic rings. The third kappa shape index (κ3) is 6.98. The molecule has 0 aromatic carbocycles. The van der Waals surface area contributed by atoms with Crippen molar-refractivity contribution in [2.75, 3.05) is 0 Å². The van der Waals surface area contributed by atoms with Crippen LogP contribution in [0.2, 0.25) is 0 Å². The van der Waals surface area contributed by atoms with E-state index in [1.54, 1.807) is 18.6 Å². The predicted octanol–water partition coefficient (Wildman–Crippen LogP) is 4.38. The van der Waals surface area contributed by atoms with Crippen molar-refractivity contribution >= 4 is 17.8 Å². The summed E-state index contributed by atoms with van der Waals surface area (Å²) in [6.45, 7) is 10.5. The largest absolute Gasteiger partial charge is 0.365 e. The monoisotopic (exact) mass is 358 g/mol. The second-order valence-corrected chi connectivity index (χ2v) is 6.37. The number of aliphatic imine (C=N–C) groups is 1. The minimum atomic E-state index is -0.261. The Morgan fingerprint density at radius 2 is 2.00 bits per heavy atom. The Hall–Kier alpha value is -2.17. The van der Waals surface area contributed by atoms with Gasteiger partial charge in [-0.25, -0.2) is 0 Å². The number of hydrogen-bond acceptors (Lipinski definition) is 4. The molecule has 2 rings (SSSR count). The first-order chi connectivity index (χ1) is 12.6. The second kappa shape index (κ2) is 12.2. The molecule has 2 N–H and O–H groups in total. The van der Waals surface area contributed by atoms with Gasteiger partial charge in [0, 0.05) is 24.5 Å². The van der Waals surface area contributed by atoms with E-state index in [-0.39, 0.29) is 18.0 Å². The van der Waals surface area contributed by atoms with Gasteiger partial charge in [0.2, 0.25) is 5.91 Å². The normalized spacial score (nSPS) is 17.9. The fraction of sp³-hybridized carbons (Fsp3) is 0.571. The van der Waals surface area contributed by atoms with Crippen LogP contribution in [0, 0.1) is 11.8 Å². The Balaban J connectivity index is 0.00000163. The number of rotatable bonds is 8. The zero-order valence-electron chi connectivity index (χ0n) is 16.8. The third-order valence-corrected chi connectivity index (χ3v) is 4.56. The molecular formula is C21H34N4O. The number of nitrogens with one attached hydrogen (secondary N) is 2. The predicted molar refractivity (Wildman–Crippen MR) is 110 cm³/mol. The lowest BCUT2D eigenvalue weighted by atomic mass is 9.93. The Kier molecular flexibility index (Phi) is 10.3. The van der Waals surface area contributed by atoms with E-state index in [9.17, 15) is 4.79 Å². The fourth-order valence-corrected chi connectivity index (χ4v) is 2.62. The van der Waals surface area contributed by atoms with Gasteiger partial charge in [-0.15, -0.1) is 0 Å². The lowest BCUT2D eigenvalue weighted by molar-refractivity contribution is -0.125. The minimum absolute atomic E-state index is 0.0652. The SMILES string of the molecule is CC.CCC(CC[C@H](C)CC)C(=O)NC1C=NC(c2ccccn2)=CN1. The first-order valence-electron chi connectivity index (χ1n) is 9.86. The van der Waals surface area contributed by atoms with Crippen molar-refractivity contribution in [2.45, 2.75) is 66.5 Å². The van der Waals surface area contributed by atoms with E-state index in [0.29, 0.717) is 5.92 Å². The molecule has 0 spiro atoms. The molecule has 5 heteroatoms. The molecule has 0 aliphatic carbocycles. The Labute approximate surface area is 158 Å². The number of carbonyl (C=O) groups is 1. The van der Waals surface area contributed by atoms with Crippen LogP contribution in [0.5, 0.6) is 0 Å². The molecule has 0 fully saturated rings. The van der Waals surface area contributed by atoms with E-state index >= 15 is 0 Å². The summed E-state index contributed by atoms with van der Waals surface area (Å²) in [5.41, 5.74) is 1.58. The summed E-state index contributed by atoms with van der Waals surface area (Å²) in [5, 5.41) is 6.19. The van der Waals surface area contributed by atoms with Crippen LogP contribution in [0.15, 0.2) is 35.6 Å². The van der Waals surface area contributed by atoms with Crippen molar-refractivity contribution in [3.8, 4) is 0 Å². The molecular weight excluding hydrogens is 324 g/mol. The topological polar surface area (TPSA) is 66.4 Å². The molecule has 1 amide bonds. The number of carbonyl (C=O) groups excluding carboxylic acids is 1. The number of hydrogen-bond donors (Lipinski definition) is 2. The van der Waals surface area contributed by atoms with Crippen molar-refractivity contribution in [3.05, 3.63) is 36.3 Å². The number of aromatic nitrogens is 1. The van der Waals surface area contributed by atoms with Gasteiger partial charge in [0.15, 0.2) is 0 Å². The standard InChI is InChI=1S/C19H28N4O.C2H6/c1-4-14(3)9-10-15(5-2)19(24)23-18-13-21-17(12-22-18)16-8-6-7-11-20-16;1-2/h6-8,11-15,18,22H,4-5,9-10H2,1-3H3,(H,23,24);1-2H3/t14-,15?,18?;/m1./s1. The van der Waals surface area contributed by atoms with Gasteiger partial charge in [-0.1, -0.05) is 47.1 Å². The maximum absolute atomic E-state index is 12.4. The molecule has 3 atom stereocenters. The first kappa shape index (κ1) is 21.9. The maximum atomic E-state index is 12.4. The van der Waals surface area contributed by atoms with Crippen molar-refractivity contribution < 1.29 is 4.79 Å². The summed E-state index contributed by atoms with van der Waals surface area (Å²) >= 11 is 0. The molecule has 2 heterocycles. The molecule has 0 radical (unpaired) electrons. The van der Waals surface area contributed by atoms with E-state index in [1.165, 1.54) is 0 Å². The molecule has 0 saturated carbocycles. The van der Waals surface area contributed by atoms with Gasteiger partial charge in [-0.2, -0.15) is 0 Å². The quantitative estimate of drug-likeness (QED) is 0.725. The molecule has 1 aromatic heterocycles. The lowest BCUT2D eigenvalue weighted by Gasteiger charge is -2.22. The van der Waals surface area contributed by atoms with Gasteiger partial charge in [-0.3, -0.25) is 14.8 Å². The highest BCUT2D eigenvalue weighted by molar-refractivity contribution is 5.85. The van der Waals surface area contributed by atoms with E-state index in [2.05, 4.69) is 41.4 Å². The molecule has 26 heavy (non-hydrogen) atoms. The zero-order valence-corrected chi connectivity index (χ0v) is 16.8. The summed E-state index contributed by atoms with van der Waals surface area (Å²) in [5.74, 6) is 0.833. The zero-order chi connectivity index (χ0) is 19.4. The highest BCUT2D eigenvalue weighted by atomic mass is 16.2. The second-order valence-electron chi connectivity index (χ2n) is 6.37. The van der Waals surface area contributed by atoms with E-state index < -0.39 is 0 Å². The van der Waals surface area contributed by atoms with Gasteiger partial charge < -0.3 is 10.6 Å². The van der Waals surface area contributed by atoms with Gasteiger partial charge in [-0.05, 0) is 37.3 Å². The molecule has 144 valence electrons. The van der Waals surface area contributed by atoms with Crippen LogP contribution < -0.4 is 10.6 Å². The van der Waals surface area contributed by atoms with Gasteiger partial charge in [0.1, 0.15) is 11.9 Å². The summed E-state index contributed by atoms with van der Waals surface area (Å²) in [4.78, 5) is 21.1. The van der Waals surface area contributed by atoms with Crippen LogP contribution in [-0.4, -0.2) is 23.3 Å². The molecule has 0 saturated heterocycles. The smallest absolute Gasteiger partial charge is 0.224 e. The molecule has 1 aliphatic heterocycles. The van der Waals surface area contributed by atoms with Crippen molar-refractivity contribution in [1.29, 1.82) is 0 Å². The number of nitrogens with zero attached hydrogens (tertiary/aromatic N) is 2. The van der Waals surface area contributed by atoms with Gasteiger partial charge in [0.05, 0.1) is 5.69 Å². The third-order valence-electron chi connectivity index (χ3n) is 4.56. The fourth-order valence-electron chi connectivity index (χ4n) is 2.62. The molecule has 0 bridgehead atoms. The molecule has 1 aromatic rings. The first-order valence-corrected chi connectivity index (χ1v) is 9.86. The van der Waals surface area contributed by atoms with Gasteiger partial charge >= 0.3 is 0 Å². The van der Waals surface area contributed by atoms with Crippen molar-refractivity contribution in [3.63, 3.8) is 0 Å².